The summed E-state index contributed by atoms with van der Waals surface area (Å²) in [6, 6.07) is 0. The molecule has 1 aliphatic heterocycles. The van der Waals surface area contributed by atoms with Crippen molar-refractivity contribution in [1.82, 2.24) is 15.4 Å². The number of rotatable bonds is 6. The van der Waals surface area contributed by atoms with Crippen LogP contribution in [0, 0.1) is 0 Å². The number of nitrogens with zero attached hydrogens (tertiary/aromatic N) is 2. The number of β-amino-alcohol motifs (C(OH)–C–C–N with tert-alkyl or cyclic N) is 1. The van der Waals surface area contributed by atoms with Gasteiger partial charge in [-0.25, -0.2) is 5.84 Å². The number of aliphatic hydroxyl groups is 1. The van der Waals surface area contributed by atoms with E-state index in [0.29, 0.717) is 13.0 Å². The van der Waals surface area contributed by atoms with Crippen molar-refractivity contribution in [2.45, 2.75) is 12.8 Å². The van der Waals surface area contributed by atoms with Crippen LogP contribution >= 0.6 is 0 Å². The van der Waals surface area contributed by atoms with Crippen LogP contribution in [0.15, 0.2) is 0 Å². The van der Waals surface area contributed by atoms with E-state index in [2.05, 4.69) is 14.6 Å². The van der Waals surface area contributed by atoms with E-state index in [0.717, 1.165) is 39.1 Å². The van der Waals surface area contributed by atoms with E-state index in [1.165, 1.54) is 0 Å². The van der Waals surface area contributed by atoms with Crippen LogP contribution in [0.5, 0.6) is 0 Å². The molecule has 0 atom stereocenters. The van der Waals surface area contributed by atoms with Gasteiger partial charge in [-0.2, -0.15) is 0 Å². The minimum Gasteiger partial charge on any atom is -0.395 e. The summed E-state index contributed by atoms with van der Waals surface area (Å²) < 4.78 is 0. The molecule has 0 unspecified atom stereocenters. The molecule has 0 bridgehead atoms. The lowest BCUT2D eigenvalue weighted by Crippen LogP contribution is -2.34. The lowest BCUT2D eigenvalue weighted by Gasteiger charge is -2.20. The summed E-state index contributed by atoms with van der Waals surface area (Å²) in [4.78, 5) is 20.0. The van der Waals surface area contributed by atoms with Crippen molar-refractivity contribution in [2.24, 2.45) is 5.84 Å². The number of hydrazine groups is 1. The van der Waals surface area contributed by atoms with Crippen molar-refractivity contribution in [3.05, 3.63) is 0 Å². The molecule has 0 radical (unpaired) electrons. The number of aliphatic hydroxyl groups excluding tert-OH is 1. The fraction of sp³-hybridized carbons (Fsp3) is 0.900. The van der Waals surface area contributed by atoms with Gasteiger partial charge in [-0.3, -0.25) is 9.69 Å². The number of hydrogen-bond donors (Lipinski definition) is 3. The quantitative estimate of drug-likeness (QED) is 0.380. The van der Waals surface area contributed by atoms with E-state index in [4.69, 9.17) is 10.9 Å². The highest BCUT2D eigenvalue weighted by Crippen LogP contribution is 2.03. The highest BCUT2D eigenvalue weighted by molar-refractivity contribution is 5.69. The predicted molar refractivity (Wildman–Crippen MR) is 62.6 cm³/mol. The van der Waals surface area contributed by atoms with Crippen LogP contribution in [0.4, 0.5) is 0 Å². The molecule has 0 aliphatic carbocycles. The molecule has 1 saturated heterocycles. The first-order valence-corrected chi connectivity index (χ1v) is 5.97. The molecule has 17 heavy (non-hydrogen) atoms. The second kappa shape index (κ2) is 8.37. The minimum atomic E-state index is -0.344. The van der Waals surface area contributed by atoms with Gasteiger partial charge in [0.25, 0.3) is 0 Å². The predicted octanol–water partition coefficient (Wildman–Crippen LogP) is -1.70. The van der Waals surface area contributed by atoms with Gasteiger partial charge in [0.15, 0.2) is 0 Å². The monoisotopic (exact) mass is 246 g/mol. The smallest absolute Gasteiger partial charge is 0.327 e. The second-order valence-electron chi connectivity index (χ2n) is 4.10. The van der Waals surface area contributed by atoms with Gasteiger partial charge >= 0.3 is 5.97 Å². The van der Waals surface area contributed by atoms with Crippen LogP contribution in [0.1, 0.15) is 12.8 Å². The number of nitrogens with two attached hydrogens (primary N) is 1. The third kappa shape index (κ3) is 5.94. The van der Waals surface area contributed by atoms with Crippen molar-refractivity contribution in [1.29, 1.82) is 0 Å². The molecule has 7 nitrogen and oxygen atoms in total. The first-order valence-electron chi connectivity index (χ1n) is 5.97. The van der Waals surface area contributed by atoms with Crippen molar-refractivity contribution in [3.8, 4) is 0 Å². The fourth-order valence-electron chi connectivity index (χ4n) is 1.98. The second-order valence-corrected chi connectivity index (χ2v) is 4.10. The summed E-state index contributed by atoms with van der Waals surface area (Å²) in [5.74, 6) is 4.53. The SMILES string of the molecule is NNOC(=O)CCN1CCCN(CCO)CC1. The molecule has 0 amide bonds. The Morgan fingerprint density at radius 2 is 1.88 bits per heavy atom. The van der Waals surface area contributed by atoms with Gasteiger partial charge in [-0.15, -0.1) is 0 Å². The third-order valence-electron chi connectivity index (χ3n) is 2.90. The zero-order chi connectivity index (χ0) is 12.5. The van der Waals surface area contributed by atoms with Crippen LogP contribution in [-0.4, -0.2) is 66.8 Å². The molecule has 1 rings (SSSR count). The Balaban J connectivity index is 2.19. The van der Waals surface area contributed by atoms with Gasteiger partial charge in [0.2, 0.25) is 0 Å². The van der Waals surface area contributed by atoms with Gasteiger partial charge in [0.1, 0.15) is 0 Å². The topological polar surface area (TPSA) is 91.1 Å². The molecule has 0 aromatic heterocycles. The van der Waals surface area contributed by atoms with Crippen LogP contribution in [0.2, 0.25) is 0 Å². The van der Waals surface area contributed by atoms with Crippen LogP contribution < -0.4 is 11.4 Å². The summed E-state index contributed by atoms with van der Waals surface area (Å²) in [6.45, 7) is 5.46. The summed E-state index contributed by atoms with van der Waals surface area (Å²) in [6.07, 6.45) is 1.40. The Hall–Kier alpha value is -0.730. The molecule has 0 saturated carbocycles. The molecule has 100 valence electrons. The Bertz CT molecular complexity index is 228. The average molecular weight is 246 g/mol. The van der Waals surface area contributed by atoms with Gasteiger partial charge < -0.3 is 14.8 Å². The summed E-state index contributed by atoms with van der Waals surface area (Å²) in [7, 11) is 0. The summed E-state index contributed by atoms with van der Waals surface area (Å²) in [5, 5.41) is 8.88. The third-order valence-corrected chi connectivity index (χ3v) is 2.90. The Morgan fingerprint density at radius 3 is 2.47 bits per heavy atom. The highest BCUT2D eigenvalue weighted by atomic mass is 16.7. The first kappa shape index (κ1) is 14.3. The van der Waals surface area contributed by atoms with Gasteiger partial charge in [0, 0.05) is 26.2 Å². The largest absolute Gasteiger partial charge is 0.395 e. The number of carbonyl (C=O) groups is 1. The molecule has 1 fully saturated rings. The lowest BCUT2D eigenvalue weighted by molar-refractivity contribution is -0.151. The van der Waals surface area contributed by atoms with E-state index in [1.807, 2.05) is 5.59 Å². The normalized spacial score (nSPS) is 18.9. The van der Waals surface area contributed by atoms with E-state index in [1.54, 1.807) is 0 Å². The van der Waals surface area contributed by atoms with Crippen molar-refractivity contribution < 1.29 is 14.7 Å². The van der Waals surface area contributed by atoms with E-state index in [9.17, 15) is 4.79 Å². The Morgan fingerprint density at radius 1 is 1.24 bits per heavy atom. The summed E-state index contributed by atoms with van der Waals surface area (Å²) >= 11 is 0. The maximum absolute atomic E-state index is 11.1. The number of carbonyl (C=O) groups excluding carboxylic acids is 1. The molecule has 0 aromatic carbocycles. The van der Waals surface area contributed by atoms with Gasteiger partial charge in [0.05, 0.1) is 13.0 Å². The molecular weight excluding hydrogens is 224 g/mol. The summed E-state index contributed by atoms with van der Waals surface area (Å²) in [5.41, 5.74) is 1.89. The lowest BCUT2D eigenvalue weighted by atomic mass is 10.3. The average Bonchev–Trinajstić information content (AvgIpc) is 2.53. The number of nitrogens with one attached hydrogen (secondary N) is 1. The molecule has 1 heterocycles. The molecule has 0 spiro atoms. The molecule has 4 N–H and O–H groups in total. The Kier molecular flexibility index (Phi) is 7.06. The fourth-order valence-corrected chi connectivity index (χ4v) is 1.98. The van der Waals surface area contributed by atoms with E-state index in [-0.39, 0.29) is 12.6 Å². The molecule has 0 aromatic rings. The van der Waals surface area contributed by atoms with Crippen LogP contribution in [-0.2, 0) is 9.63 Å². The maximum Gasteiger partial charge on any atom is 0.327 e. The molecular formula is C10H22N4O3. The first-order chi connectivity index (χ1) is 8.26. The maximum atomic E-state index is 11.1. The van der Waals surface area contributed by atoms with Crippen molar-refractivity contribution in [3.63, 3.8) is 0 Å². The Labute approximate surface area is 101 Å². The van der Waals surface area contributed by atoms with Crippen molar-refractivity contribution in [2.75, 3.05) is 45.9 Å². The van der Waals surface area contributed by atoms with E-state index < -0.39 is 0 Å². The van der Waals surface area contributed by atoms with Crippen molar-refractivity contribution >= 4 is 5.97 Å². The highest BCUT2D eigenvalue weighted by Gasteiger charge is 2.15. The molecule has 1 aliphatic rings. The van der Waals surface area contributed by atoms with Gasteiger partial charge in [-0.05, 0) is 19.5 Å². The zero-order valence-corrected chi connectivity index (χ0v) is 10.1. The minimum absolute atomic E-state index is 0.203. The van der Waals surface area contributed by atoms with Gasteiger partial charge in [-0.1, -0.05) is 5.59 Å². The number of hydrogen-bond acceptors (Lipinski definition) is 7. The standard InChI is InChI=1S/C10H22N4O3/c11-12-17-10(16)2-5-13-3-1-4-14(7-6-13)8-9-15/h12,15H,1-9,11H2. The molecule has 7 heteroatoms. The zero-order valence-electron chi connectivity index (χ0n) is 10.1. The van der Waals surface area contributed by atoms with Crippen LogP contribution in [0.25, 0.3) is 0 Å². The van der Waals surface area contributed by atoms with Crippen LogP contribution in [0.3, 0.4) is 0 Å². The van der Waals surface area contributed by atoms with E-state index >= 15 is 0 Å².